The van der Waals surface area contributed by atoms with Crippen molar-refractivity contribution in [3.05, 3.63) is 35.9 Å². The first-order valence-electron chi connectivity index (χ1n) is 5.43. The molecule has 0 aliphatic heterocycles. The summed E-state index contributed by atoms with van der Waals surface area (Å²) < 4.78 is 0. The molecule has 1 fully saturated rings. The highest BCUT2D eigenvalue weighted by Crippen LogP contribution is 2.36. The van der Waals surface area contributed by atoms with E-state index in [1.54, 1.807) is 5.56 Å². The van der Waals surface area contributed by atoms with Gasteiger partial charge < -0.3 is 0 Å². The topological polar surface area (TPSA) is 0 Å². The van der Waals surface area contributed by atoms with Crippen LogP contribution in [0.1, 0.15) is 44.1 Å². The summed E-state index contributed by atoms with van der Waals surface area (Å²) >= 11 is 0. The van der Waals surface area contributed by atoms with E-state index in [1.165, 1.54) is 25.7 Å². The average molecular weight is 174 g/mol. The Morgan fingerprint density at radius 3 is 2.38 bits per heavy atom. The smallest absolute Gasteiger partial charge is 0.0136 e. The number of benzene rings is 1. The van der Waals surface area contributed by atoms with Gasteiger partial charge in [0.25, 0.3) is 0 Å². The van der Waals surface area contributed by atoms with Crippen molar-refractivity contribution in [3.63, 3.8) is 0 Å². The summed E-state index contributed by atoms with van der Waals surface area (Å²) in [5.41, 5.74) is 1.55. The second-order valence-electron chi connectivity index (χ2n) is 4.28. The van der Waals surface area contributed by atoms with Gasteiger partial charge in [-0.05, 0) is 23.8 Å². The molecule has 0 nitrogen and oxygen atoms in total. The van der Waals surface area contributed by atoms with Gasteiger partial charge in [-0.15, -0.1) is 0 Å². The Hall–Kier alpha value is -0.780. The normalized spacial score (nSPS) is 28.7. The molecule has 0 spiro atoms. The summed E-state index contributed by atoms with van der Waals surface area (Å²) in [4.78, 5) is 0. The van der Waals surface area contributed by atoms with E-state index in [-0.39, 0.29) is 0 Å². The van der Waals surface area contributed by atoms with Gasteiger partial charge in [-0.3, -0.25) is 0 Å². The van der Waals surface area contributed by atoms with Gasteiger partial charge in [0.2, 0.25) is 0 Å². The number of rotatable bonds is 1. The lowest BCUT2D eigenvalue weighted by molar-refractivity contribution is 0.330. The van der Waals surface area contributed by atoms with Crippen molar-refractivity contribution in [1.29, 1.82) is 0 Å². The van der Waals surface area contributed by atoms with Gasteiger partial charge in [-0.25, -0.2) is 0 Å². The van der Waals surface area contributed by atoms with Gasteiger partial charge in [0, 0.05) is 0 Å². The zero-order valence-electron chi connectivity index (χ0n) is 8.37. The molecule has 2 atom stereocenters. The molecule has 0 amide bonds. The molecule has 0 heterocycles. The van der Waals surface area contributed by atoms with Crippen molar-refractivity contribution in [1.82, 2.24) is 0 Å². The molecule has 0 heteroatoms. The van der Waals surface area contributed by atoms with Crippen molar-refractivity contribution >= 4 is 0 Å². The molecular formula is C13H18. The predicted molar refractivity (Wildman–Crippen MR) is 56.8 cm³/mol. The molecule has 1 aromatic carbocycles. The van der Waals surface area contributed by atoms with Crippen LogP contribution in [0.15, 0.2) is 30.3 Å². The third-order valence-electron chi connectivity index (χ3n) is 3.34. The Kier molecular flexibility index (Phi) is 2.68. The Morgan fingerprint density at radius 2 is 1.69 bits per heavy atom. The van der Waals surface area contributed by atoms with Gasteiger partial charge in [0.15, 0.2) is 0 Å². The molecule has 1 saturated carbocycles. The quantitative estimate of drug-likeness (QED) is 0.604. The molecule has 1 aliphatic rings. The maximum Gasteiger partial charge on any atom is -0.0136 e. The minimum atomic E-state index is 0.829. The molecule has 70 valence electrons. The third kappa shape index (κ3) is 1.93. The summed E-state index contributed by atoms with van der Waals surface area (Å²) in [5, 5.41) is 0. The van der Waals surface area contributed by atoms with Gasteiger partial charge in [0.1, 0.15) is 0 Å². The Balaban J connectivity index is 2.15. The van der Waals surface area contributed by atoms with E-state index in [4.69, 9.17) is 0 Å². The molecule has 0 bridgehead atoms. The van der Waals surface area contributed by atoms with Crippen molar-refractivity contribution in [3.8, 4) is 0 Å². The van der Waals surface area contributed by atoms with Crippen LogP contribution in [0.3, 0.4) is 0 Å². The molecule has 1 aromatic rings. The van der Waals surface area contributed by atoms with Gasteiger partial charge in [-0.1, -0.05) is 56.5 Å². The standard InChI is InChI=1S/C13H18/c1-11-7-5-6-10-13(11)12-8-3-2-4-9-12/h2-4,8-9,11,13H,5-7,10H2,1H3/t11-,13-/m1/s1. The molecule has 0 radical (unpaired) electrons. The van der Waals surface area contributed by atoms with E-state index in [1.807, 2.05) is 0 Å². The zero-order chi connectivity index (χ0) is 9.10. The van der Waals surface area contributed by atoms with Gasteiger partial charge in [-0.2, -0.15) is 0 Å². The number of hydrogen-bond acceptors (Lipinski definition) is 0. The fraction of sp³-hybridized carbons (Fsp3) is 0.538. The minimum Gasteiger partial charge on any atom is -0.0622 e. The zero-order valence-corrected chi connectivity index (χ0v) is 8.37. The maximum absolute atomic E-state index is 2.40. The highest BCUT2D eigenvalue weighted by Gasteiger charge is 2.22. The van der Waals surface area contributed by atoms with Crippen LogP contribution in [-0.4, -0.2) is 0 Å². The van der Waals surface area contributed by atoms with Crippen LogP contribution in [0.4, 0.5) is 0 Å². The van der Waals surface area contributed by atoms with Crippen LogP contribution in [0, 0.1) is 5.92 Å². The van der Waals surface area contributed by atoms with Crippen LogP contribution < -0.4 is 0 Å². The second kappa shape index (κ2) is 3.95. The summed E-state index contributed by atoms with van der Waals surface area (Å²) in [5.74, 6) is 1.71. The minimum absolute atomic E-state index is 0.829. The van der Waals surface area contributed by atoms with E-state index >= 15 is 0 Å². The summed E-state index contributed by atoms with van der Waals surface area (Å²) in [6.07, 6.45) is 5.67. The Labute approximate surface area is 81.0 Å². The lowest BCUT2D eigenvalue weighted by Crippen LogP contribution is -2.14. The first-order chi connectivity index (χ1) is 6.38. The van der Waals surface area contributed by atoms with Gasteiger partial charge >= 0.3 is 0 Å². The molecule has 0 saturated heterocycles. The Morgan fingerprint density at radius 1 is 1.00 bits per heavy atom. The van der Waals surface area contributed by atoms with Crippen molar-refractivity contribution in [2.24, 2.45) is 5.92 Å². The third-order valence-corrected chi connectivity index (χ3v) is 3.34. The van der Waals surface area contributed by atoms with E-state index < -0.39 is 0 Å². The fourth-order valence-corrected chi connectivity index (χ4v) is 2.51. The van der Waals surface area contributed by atoms with Gasteiger partial charge in [0.05, 0.1) is 0 Å². The lowest BCUT2D eigenvalue weighted by atomic mass is 9.76. The van der Waals surface area contributed by atoms with Crippen LogP contribution in [-0.2, 0) is 0 Å². The van der Waals surface area contributed by atoms with E-state index in [0.29, 0.717) is 0 Å². The first kappa shape index (κ1) is 8.80. The average Bonchev–Trinajstić information content (AvgIpc) is 2.20. The highest BCUT2D eigenvalue weighted by molar-refractivity contribution is 5.20. The van der Waals surface area contributed by atoms with Crippen molar-refractivity contribution in [2.45, 2.75) is 38.5 Å². The van der Waals surface area contributed by atoms with E-state index in [0.717, 1.165) is 11.8 Å². The molecule has 0 unspecified atom stereocenters. The Bertz CT molecular complexity index is 250. The number of hydrogen-bond donors (Lipinski definition) is 0. The largest absolute Gasteiger partial charge is 0.0622 e. The SMILES string of the molecule is C[C@@H]1CCCC[C@H]1c1ccccc1. The van der Waals surface area contributed by atoms with Crippen LogP contribution >= 0.6 is 0 Å². The highest BCUT2D eigenvalue weighted by atomic mass is 14.3. The monoisotopic (exact) mass is 174 g/mol. The van der Waals surface area contributed by atoms with E-state index in [2.05, 4.69) is 37.3 Å². The summed E-state index contributed by atoms with van der Waals surface area (Å²) in [6, 6.07) is 11.0. The summed E-state index contributed by atoms with van der Waals surface area (Å²) in [7, 11) is 0. The van der Waals surface area contributed by atoms with Crippen LogP contribution in [0.5, 0.6) is 0 Å². The van der Waals surface area contributed by atoms with Crippen molar-refractivity contribution < 1.29 is 0 Å². The van der Waals surface area contributed by atoms with Crippen LogP contribution in [0.2, 0.25) is 0 Å². The van der Waals surface area contributed by atoms with Crippen LogP contribution in [0.25, 0.3) is 0 Å². The molecular weight excluding hydrogens is 156 g/mol. The molecule has 1 aliphatic carbocycles. The maximum atomic E-state index is 2.40. The predicted octanol–water partition coefficient (Wildman–Crippen LogP) is 3.98. The second-order valence-corrected chi connectivity index (χ2v) is 4.28. The lowest BCUT2D eigenvalue weighted by Gasteiger charge is -2.29. The molecule has 0 N–H and O–H groups in total. The molecule has 0 aromatic heterocycles. The summed E-state index contributed by atoms with van der Waals surface area (Å²) in [6.45, 7) is 2.40. The first-order valence-corrected chi connectivity index (χ1v) is 5.43. The molecule has 13 heavy (non-hydrogen) atoms. The van der Waals surface area contributed by atoms with E-state index in [9.17, 15) is 0 Å². The fourth-order valence-electron chi connectivity index (χ4n) is 2.51. The molecule has 2 rings (SSSR count). The van der Waals surface area contributed by atoms with Crippen molar-refractivity contribution in [2.75, 3.05) is 0 Å².